The molecule has 1 aliphatic rings. The number of nitrogens with one attached hydrogen (secondary N) is 1. The molecule has 3 rings (SSSR count). The van der Waals surface area contributed by atoms with Crippen molar-refractivity contribution in [3.63, 3.8) is 0 Å². The Morgan fingerprint density at radius 3 is 2.31 bits per heavy atom. The van der Waals surface area contributed by atoms with Crippen molar-refractivity contribution in [1.82, 2.24) is 10.2 Å². The zero-order valence-corrected chi connectivity index (χ0v) is 16.2. The first-order valence-electron chi connectivity index (χ1n) is 8.58. The fourth-order valence-corrected chi connectivity index (χ4v) is 3.59. The summed E-state index contributed by atoms with van der Waals surface area (Å²) < 4.78 is 6.06. The van der Waals surface area contributed by atoms with Crippen LogP contribution in [0, 0.1) is 0 Å². The van der Waals surface area contributed by atoms with Gasteiger partial charge in [-0.15, -0.1) is 0 Å². The standard InChI is InChI=1S/C20H21BrN2O3/c1-26-18-9-5-3-7-16(18)20(25)23-12-10-14(11-13-23)22-19(24)15-6-2-4-8-17(15)21/h2-9,14H,10-13H2,1H3,(H,22,24). The van der Waals surface area contributed by atoms with Crippen LogP contribution in [-0.2, 0) is 0 Å². The number of halogens is 1. The van der Waals surface area contributed by atoms with E-state index in [1.165, 1.54) is 0 Å². The summed E-state index contributed by atoms with van der Waals surface area (Å²) in [5.74, 6) is 0.465. The Hall–Kier alpha value is -2.34. The maximum absolute atomic E-state index is 12.7. The average molecular weight is 417 g/mol. The van der Waals surface area contributed by atoms with Crippen molar-refractivity contribution in [3.8, 4) is 5.75 Å². The van der Waals surface area contributed by atoms with Crippen molar-refractivity contribution in [2.24, 2.45) is 0 Å². The van der Waals surface area contributed by atoms with Crippen LogP contribution >= 0.6 is 15.9 Å². The molecule has 0 spiro atoms. The lowest BCUT2D eigenvalue weighted by atomic mass is 10.0. The number of hydrogen-bond donors (Lipinski definition) is 1. The number of ether oxygens (including phenoxy) is 1. The van der Waals surface area contributed by atoms with Crippen LogP contribution in [0.5, 0.6) is 5.75 Å². The summed E-state index contributed by atoms with van der Waals surface area (Å²) in [5.41, 5.74) is 1.20. The van der Waals surface area contributed by atoms with Crippen LogP contribution in [0.2, 0.25) is 0 Å². The maximum atomic E-state index is 12.7. The minimum atomic E-state index is -0.0908. The lowest BCUT2D eigenvalue weighted by Gasteiger charge is -2.32. The van der Waals surface area contributed by atoms with Gasteiger partial charge in [-0.3, -0.25) is 9.59 Å². The molecule has 136 valence electrons. The van der Waals surface area contributed by atoms with Crippen LogP contribution in [0.3, 0.4) is 0 Å². The molecule has 5 nitrogen and oxygen atoms in total. The van der Waals surface area contributed by atoms with Gasteiger partial charge in [0.05, 0.1) is 18.2 Å². The molecule has 0 aliphatic carbocycles. The number of carbonyl (C=O) groups is 2. The third kappa shape index (κ3) is 4.07. The highest BCUT2D eigenvalue weighted by Crippen LogP contribution is 2.22. The molecule has 1 fully saturated rings. The monoisotopic (exact) mass is 416 g/mol. The second kappa shape index (κ2) is 8.36. The van der Waals surface area contributed by atoms with E-state index < -0.39 is 0 Å². The molecule has 26 heavy (non-hydrogen) atoms. The molecule has 0 saturated carbocycles. The first-order valence-corrected chi connectivity index (χ1v) is 9.37. The van der Waals surface area contributed by atoms with Gasteiger partial charge in [-0.2, -0.15) is 0 Å². The Morgan fingerprint density at radius 2 is 1.65 bits per heavy atom. The topological polar surface area (TPSA) is 58.6 Å². The predicted molar refractivity (Wildman–Crippen MR) is 104 cm³/mol. The van der Waals surface area contributed by atoms with Gasteiger partial charge in [0.25, 0.3) is 11.8 Å². The molecular weight excluding hydrogens is 396 g/mol. The maximum Gasteiger partial charge on any atom is 0.257 e. The van der Waals surface area contributed by atoms with Gasteiger partial charge in [0, 0.05) is 23.6 Å². The number of amides is 2. The van der Waals surface area contributed by atoms with Gasteiger partial charge in [-0.1, -0.05) is 24.3 Å². The van der Waals surface area contributed by atoms with E-state index in [0.29, 0.717) is 30.0 Å². The van der Waals surface area contributed by atoms with Crippen molar-refractivity contribution in [1.29, 1.82) is 0 Å². The SMILES string of the molecule is COc1ccccc1C(=O)N1CCC(NC(=O)c2ccccc2Br)CC1. The molecule has 0 aromatic heterocycles. The summed E-state index contributed by atoms with van der Waals surface area (Å²) >= 11 is 3.40. The van der Waals surface area contributed by atoms with E-state index in [1.54, 1.807) is 25.3 Å². The minimum absolute atomic E-state index is 0.0296. The zero-order chi connectivity index (χ0) is 18.5. The van der Waals surface area contributed by atoms with E-state index in [2.05, 4.69) is 21.2 Å². The Balaban J connectivity index is 1.58. The number of benzene rings is 2. The van der Waals surface area contributed by atoms with Gasteiger partial charge in [-0.05, 0) is 53.0 Å². The van der Waals surface area contributed by atoms with Crippen LogP contribution in [-0.4, -0.2) is 43.0 Å². The third-order valence-corrected chi connectivity index (χ3v) is 5.26. The van der Waals surface area contributed by atoms with Crippen molar-refractivity contribution in [2.45, 2.75) is 18.9 Å². The molecule has 0 bridgehead atoms. The number of hydrogen-bond acceptors (Lipinski definition) is 3. The molecule has 1 N–H and O–H groups in total. The average Bonchev–Trinajstić information content (AvgIpc) is 2.68. The Kier molecular flexibility index (Phi) is 5.93. The summed E-state index contributed by atoms with van der Waals surface area (Å²) in [4.78, 5) is 27.0. The van der Waals surface area contributed by atoms with Crippen LogP contribution in [0.25, 0.3) is 0 Å². The van der Waals surface area contributed by atoms with E-state index in [0.717, 1.165) is 17.3 Å². The van der Waals surface area contributed by atoms with E-state index in [-0.39, 0.29) is 17.9 Å². The van der Waals surface area contributed by atoms with Gasteiger partial charge < -0.3 is 15.0 Å². The van der Waals surface area contributed by atoms with Crippen LogP contribution in [0.15, 0.2) is 53.0 Å². The second-order valence-electron chi connectivity index (χ2n) is 6.22. The van der Waals surface area contributed by atoms with Crippen molar-refractivity contribution < 1.29 is 14.3 Å². The number of methoxy groups -OCH3 is 1. The molecular formula is C20H21BrN2O3. The highest BCUT2D eigenvalue weighted by molar-refractivity contribution is 9.10. The first kappa shape index (κ1) is 18.5. The number of rotatable bonds is 4. The largest absolute Gasteiger partial charge is 0.496 e. The number of carbonyl (C=O) groups excluding carboxylic acids is 2. The number of likely N-dealkylation sites (tertiary alicyclic amines) is 1. The van der Waals surface area contributed by atoms with Crippen molar-refractivity contribution in [3.05, 3.63) is 64.1 Å². The predicted octanol–water partition coefficient (Wildman–Crippen LogP) is 3.49. The molecule has 2 aromatic carbocycles. The fraction of sp³-hybridized carbons (Fsp3) is 0.300. The zero-order valence-electron chi connectivity index (χ0n) is 14.6. The molecule has 1 saturated heterocycles. The summed E-state index contributed by atoms with van der Waals surface area (Å²) in [6.45, 7) is 1.22. The summed E-state index contributed by atoms with van der Waals surface area (Å²) in [6, 6.07) is 14.7. The minimum Gasteiger partial charge on any atom is -0.496 e. The third-order valence-electron chi connectivity index (χ3n) is 4.57. The normalized spacial score (nSPS) is 14.8. The van der Waals surface area contributed by atoms with E-state index in [4.69, 9.17) is 4.74 Å². The van der Waals surface area contributed by atoms with E-state index in [9.17, 15) is 9.59 Å². The molecule has 1 heterocycles. The number of piperidine rings is 1. The van der Waals surface area contributed by atoms with Gasteiger partial charge in [0.1, 0.15) is 5.75 Å². The quantitative estimate of drug-likeness (QED) is 0.829. The lowest BCUT2D eigenvalue weighted by Crippen LogP contribution is -2.46. The van der Waals surface area contributed by atoms with Crippen LogP contribution in [0.1, 0.15) is 33.6 Å². The fourth-order valence-electron chi connectivity index (χ4n) is 3.13. The Morgan fingerprint density at radius 1 is 1.04 bits per heavy atom. The summed E-state index contributed by atoms with van der Waals surface area (Å²) in [5, 5.41) is 3.07. The Bertz CT molecular complexity index is 801. The molecule has 0 unspecified atom stereocenters. The summed E-state index contributed by atoms with van der Waals surface area (Å²) in [7, 11) is 1.57. The molecule has 2 aromatic rings. The van der Waals surface area contributed by atoms with E-state index >= 15 is 0 Å². The molecule has 0 atom stereocenters. The smallest absolute Gasteiger partial charge is 0.257 e. The van der Waals surface area contributed by atoms with Gasteiger partial charge in [0.2, 0.25) is 0 Å². The first-order chi connectivity index (χ1) is 12.6. The Labute approximate surface area is 161 Å². The molecule has 1 aliphatic heterocycles. The van der Waals surface area contributed by atoms with Crippen molar-refractivity contribution >= 4 is 27.7 Å². The molecule has 0 radical (unpaired) electrons. The van der Waals surface area contributed by atoms with Crippen molar-refractivity contribution in [2.75, 3.05) is 20.2 Å². The second-order valence-corrected chi connectivity index (χ2v) is 7.07. The van der Waals surface area contributed by atoms with Gasteiger partial charge >= 0.3 is 0 Å². The van der Waals surface area contributed by atoms with Gasteiger partial charge in [-0.25, -0.2) is 0 Å². The van der Waals surface area contributed by atoms with Crippen LogP contribution in [0.4, 0.5) is 0 Å². The van der Waals surface area contributed by atoms with Gasteiger partial charge in [0.15, 0.2) is 0 Å². The summed E-state index contributed by atoms with van der Waals surface area (Å²) in [6.07, 6.45) is 1.47. The molecule has 2 amide bonds. The molecule has 6 heteroatoms. The number of para-hydroxylation sites is 1. The van der Waals surface area contributed by atoms with E-state index in [1.807, 2.05) is 35.2 Å². The number of nitrogens with zero attached hydrogens (tertiary/aromatic N) is 1. The highest BCUT2D eigenvalue weighted by Gasteiger charge is 2.26. The lowest BCUT2D eigenvalue weighted by molar-refractivity contribution is 0.0695. The highest BCUT2D eigenvalue weighted by atomic mass is 79.9. The van der Waals surface area contributed by atoms with Crippen LogP contribution < -0.4 is 10.1 Å².